The lowest BCUT2D eigenvalue weighted by atomic mass is 10.1. The molecule has 0 aromatic carbocycles. The van der Waals surface area contributed by atoms with Gasteiger partial charge in [0.1, 0.15) is 0 Å². The molecule has 0 unspecified atom stereocenters. The molecule has 0 atom stereocenters. The Labute approximate surface area is 115 Å². The average molecular weight is 262 g/mol. The molecule has 1 aliphatic heterocycles. The minimum atomic E-state index is 0.601. The molecule has 0 radical (unpaired) electrons. The maximum atomic E-state index is 4.46. The molecule has 0 aliphatic carbocycles. The molecule has 5 heteroatoms. The van der Waals surface area contributed by atoms with Crippen LogP contribution in [-0.4, -0.2) is 34.8 Å². The van der Waals surface area contributed by atoms with Gasteiger partial charge in [-0.3, -0.25) is 0 Å². The van der Waals surface area contributed by atoms with E-state index < -0.39 is 0 Å². The number of aryl methyl sites for hydroxylation is 2. The fourth-order valence-corrected chi connectivity index (χ4v) is 2.45. The first-order valence-electron chi connectivity index (χ1n) is 7.03. The number of hydrogen-bond donors (Lipinski definition) is 2. The van der Waals surface area contributed by atoms with E-state index in [1.165, 1.54) is 18.8 Å². The molecule has 0 saturated carbocycles. The summed E-state index contributed by atoms with van der Waals surface area (Å²) < 4.78 is 0. The van der Waals surface area contributed by atoms with Crippen molar-refractivity contribution < 1.29 is 4.90 Å². The summed E-state index contributed by atoms with van der Waals surface area (Å²) in [6, 6.07) is 2.67. The second-order valence-electron chi connectivity index (χ2n) is 5.58. The Morgan fingerprint density at radius 2 is 1.74 bits per heavy atom. The van der Waals surface area contributed by atoms with Crippen molar-refractivity contribution in [3.63, 3.8) is 0 Å². The Balaban J connectivity index is 1.93. The second-order valence-corrected chi connectivity index (χ2v) is 5.58. The first kappa shape index (κ1) is 13.9. The summed E-state index contributed by atoms with van der Waals surface area (Å²) in [6.07, 6.45) is 2.12. The van der Waals surface area contributed by atoms with Crippen molar-refractivity contribution >= 4 is 11.7 Å². The summed E-state index contributed by atoms with van der Waals surface area (Å²) in [5, 5.41) is 4.46. The van der Waals surface area contributed by atoms with Crippen LogP contribution in [0.2, 0.25) is 0 Å². The zero-order valence-electron chi connectivity index (χ0n) is 12.3. The number of hydrogen-bond acceptors (Lipinski definition) is 4. The Morgan fingerprint density at radius 3 is 2.26 bits per heavy atom. The number of nitrogens with one attached hydrogen (secondary N) is 2. The quantitative estimate of drug-likeness (QED) is 0.797. The number of hydrazone groups is 1. The van der Waals surface area contributed by atoms with Crippen LogP contribution in [0.25, 0.3) is 0 Å². The fourth-order valence-electron chi connectivity index (χ4n) is 2.45. The molecular weight excluding hydrogens is 238 g/mol. The highest BCUT2D eigenvalue weighted by Gasteiger charge is 2.20. The van der Waals surface area contributed by atoms with E-state index >= 15 is 0 Å². The molecule has 2 N–H and O–H groups in total. The third kappa shape index (κ3) is 3.99. The molecule has 5 nitrogen and oxygen atoms in total. The summed E-state index contributed by atoms with van der Waals surface area (Å²) in [4.78, 5) is 10.3. The van der Waals surface area contributed by atoms with Crippen LogP contribution in [0.1, 0.15) is 38.1 Å². The minimum absolute atomic E-state index is 0.601. The standard InChI is InChI=1S/C14H23N5/c1-10(2)19-7-5-13(6-8-19)17-18-14-15-11(3)9-12(4)16-14/h9-10H,5-8H2,1-4H3,(H,15,16,18)/p+1. The summed E-state index contributed by atoms with van der Waals surface area (Å²) in [5.41, 5.74) is 6.16. The van der Waals surface area contributed by atoms with E-state index in [2.05, 4.69) is 34.3 Å². The monoisotopic (exact) mass is 262 g/mol. The first-order valence-corrected chi connectivity index (χ1v) is 7.03. The van der Waals surface area contributed by atoms with Crippen molar-refractivity contribution in [2.24, 2.45) is 5.10 Å². The predicted octanol–water partition coefficient (Wildman–Crippen LogP) is 0.948. The van der Waals surface area contributed by atoms with E-state index in [0.717, 1.165) is 24.2 Å². The van der Waals surface area contributed by atoms with Gasteiger partial charge in [-0.05, 0) is 33.8 Å². The second kappa shape index (κ2) is 6.10. The van der Waals surface area contributed by atoms with E-state index in [4.69, 9.17) is 0 Å². The van der Waals surface area contributed by atoms with Crippen LogP contribution in [0.5, 0.6) is 0 Å². The number of quaternary nitrogens is 1. The summed E-state index contributed by atoms with van der Waals surface area (Å²) >= 11 is 0. The van der Waals surface area contributed by atoms with Crippen molar-refractivity contribution in [1.82, 2.24) is 9.97 Å². The Morgan fingerprint density at radius 1 is 1.16 bits per heavy atom. The van der Waals surface area contributed by atoms with E-state index in [9.17, 15) is 0 Å². The van der Waals surface area contributed by atoms with Crippen LogP contribution in [0.4, 0.5) is 5.95 Å². The van der Waals surface area contributed by atoms with Crippen LogP contribution in [-0.2, 0) is 0 Å². The largest absolute Gasteiger partial charge is 0.332 e. The number of likely N-dealkylation sites (tertiary alicyclic amines) is 1. The van der Waals surface area contributed by atoms with Crippen LogP contribution < -0.4 is 10.3 Å². The van der Waals surface area contributed by atoms with Crippen LogP contribution in [0.15, 0.2) is 11.2 Å². The molecule has 104 valence electrons. The Bertz CT molecular complexity index is 437. The molecule has 0 amide bonds. The molecule has 0 spiro atoms. The maximum absolute atomic E-state index is 4.46. The molecule has 1 saturated heterocycles. The molecule has 19 heavy (non-hydrogen) atoms. The average Bonchev–Trinajstić information content (AvgIpc) is 2.36. The van der Waals surface area contributed by atoms with Crippen molar-refractivity contribution in [2.75, 3.05) is 18.5 Å². The van der Waals surface area contributed by atoms with Gasteiger partial charge in [0.25, 0.3) is 0 Å². The lowest BCUT2D eigenvalue weighted by Gasteiger charge is -2.27. The molecule has 0 bridgehead atoms. The van der Waals surface area contributed by atoms with Gasteiger partial charge >= 0.3 is 0 Å². The smallest absolute Gasteiger partial charge is 0.243 e. The molecular formula is C14H24N5+. The van der Waals surface area contributed by atoms with Gasteiger partial charge in [0.15, 0.2) is 0 Å². The van der Waals surface area contributed by atoms with E-state index in [-0.39, 0.29) is 0 Å². The van der Waals surface area contributed by atoms with Gasteiger partial charge in [0, 0.05) is 29.9 Å². The third-order valence-corrected chi connectivity index (χ3v) is 3.58. The molecule has 1 aromatic heterocycles. The first-order chi connectivity index (χ1) is 9.04. The van der Waals surface area contributed by atoms with Crippen LogP contribution in [0.3, 0.4) is 0 Å². The minimum Gasteiger partial charge on any atom is -0.332 e. The molecule has 1 aromatic rings. The SMILES string of the molecule is Cc1cc(C)nc(NN=C2CC[NH+](C(C)C)CC2)n1. The van der Waals surface area contributed by atoms with Crippen molar-refractivity contribution in [3.8, 4) is 0 Å². The highest BCUT2D eigenvalue weighted by molar-refractivity contribution is 5.85. The number of anilines is 1. The number of piperidine rings is 1. The topological polar surface area (TPSA) is 54.6 Å². The van der Waals surface area contributed by atoms with Crippen molar-refractivity contribution in [3.05, 3.63) is 17.5 Å². The maximum Gasteiger partial charge on any atom is 0.243 e. The van der Waals surface area contributed by atoms with Gasteiger partial charge in [-0.2, -0.15) is 5.10 Å². The van der Waals surface area contributed by atoms with Crippen LogP contribution in [0, 0.1) is 13.8 Å². The van der Waals surface area contributed by atoms with Gasteiger partial charge in [0.05, 0.1) is 19.1 Å². The van der Waals surface area contributed by atoms with E-state index in [0.29, 0.717) is 12.0 Å². The summed E-state index contributed by atoms with van der Waals surface area (Å²) in [5.74, 6) is 0.601. The van der Waals surface area contributed by atoms with E-state index in [1.54, 1.807) is 4.90 Å². The van der Waals surface area contributed by atoms with Gasteiger partial charge in [-0.1, -0.05) is 0 Å². The third-order valence-electron chi connectivity index (χ3n) is 3.58. The summed E-state index contributed by atoms with van der Waals surface area (Å²) in [6.45, 7) is 10.8. The fraction of sp³-hybridized carbons (Fsp3) is 0.643. The predicted molar refractivity (Wildman–Crippen MR) is 77.6 cm³/mol. The highest BCUT2D eigenvalue weighted by Crippen LogP contribution is 2.04. The van der Waals surface area contributed by atoms with E-state index in [1.807, 2.05) is 19.9 Å². The highest BCUT2D eigenvalue weighted by atomic mass is 15.4. The lowest BCUT2D eigenvalue weighted by molar-refractivity contribution is -0.922. The lowest BCUT2D eigenvalue weighted by Crippen LogP contribution is -3.16. The van der Waals surface area contributed by atoms with Crippen LogP contribution >= 0.6 is 0 Å². The zero-order valence-corrected chi connectivity index (χ0v) is 12.3. The van der Waals surface area contributed by atoms with Gasteiger partial charge in [-0.15, -0.1) is 0 Å². The number of aromatic nitrogens is 2. The van der Waals surface area contributed by atoms with Gasteiger partial charge < -0.3 is 4.90 Å². The molecule has 1 fully saturated rings. The number of rotatable bonds is 3. The molecule has 2 heterocycles. The van der Waals surface area contributed by atoms with Gasteiger partial charge in [0.2, 0.25) is 5.95 Å². The zero-order chi connectivity index (χ0) is 13.8. The number of nitrogens with zero attached hydrogens (tertiary/aromatic N) is 3. The Kier molecular flexibility index (Phi) is 4.47. The van der Waals surface area contributed by atoms with Crippen molar-refractivity contribution in [2.45, 2.75) is 46.6 Å². The van der Waals surface area contributed by atoms with Gasteiger partial charge in [-0.25, -0.2) is 15.4 Å². The Hall–Kier alpha value is -1.49. The normalized spacial score (nSPS) is 19.6. The molecule has 2 rings (SSSR count). The van der Waals surface area contributed by atoms with Crippen molar-refractivity contribution in [1.29, 1.82) is 0 Å². The summed E-state index contributed by atoms with van der Waals surface area (Å²) in [7, 11) is 0. The molecule has 1 aliphatic rings.